The number of benzene rings is 2. The molecule has 0 heterocycles. The van der Waals surface area contributed by atoms with Gasteiger partial charge < -0.3 is 10.1 Å². The van der Waals surface area contributed by atoms with Gasteiger partial charge in [0.25, 0.3) is 5.91 Å². The average Bonchev–Trinajstić information content (AvgIpc) is 2.49. The van der Waals surface area contributed by atoms with Gasteiger partial charge in [-0.1, -0.05) is 29.8 Å². The summed E-state index contributed by atoms with van der Waals surface area (Å²) >= 11 is 0. The van der Waals surface area contributed by atoms with Gasteiger partial charge in [-0.15, -0.1) is 0 Å². The molecule has 0 saturated carbocycles. The molecule has 0 atom stereocenters. The fourth-order valence-electron chi connectivity index (χ4n) is 2.43. The Morgan fingerprint density at radius 3 is 2.39 bits per heavy atom. The summed E-state index contributed by atoms with van der Waals surface area (Å²) in [6.07, 6.45) is 0. The van der Waals surface area contributed by atoms with Crippen LogP contribution < -0.4 is 10.1 Å². The van der Waals surface area contributed by atoms with E-state index >= 15 is 0 Å². The van der Waals surface area contributed by atoms with Crippen molar-refractivity contribution in [3.05, 3.63) is 63.2 Å². The lowest BCUT2D eigenvalue weighted by Gasteiger charge is -2.13. The lowest BCUT2D eigenvalue weighted by molar-refractivity contribution is -0.385. The van der Waals surface area contributed by atoms with Crippen LogP contribution in [0.4, 0.5) is 11.4 Å². The number of carbonyl (C=O) groups is 1. The SMILES string of the molecule is Cc1cc(C)c(NC(=O)COc2ccccc2[N+](=O)[O-])c(C)c1. The number of amides is 1. The molecule has 0 fully saturated rings. The number of nitro benzene ring substituents is 1. The second-order valence-electron chi connectivity index (χ2n) is 5.34. The molecule has 0 aliphatic carbocycles. The minimum Gasteiger partial charge on any atom is -0.477 e. The normalized spacial score (nSPS) is 10.2. The van der Waals surface area contributed by atoms with Crippen LogP contribution in [0.25, 0.3) is 0 Å². The van der Waals surface area contributed by atoms with E-state index in [-0.39, 0.29) is 24.0 Å². The quantitative estimate of drug-likeness (QED) is 0.676. The number of nitro groups is 1. The number of nitrogens with zero attached hydrogens (tertiary/aromatic N) is 1. The molecule has 2 aromatic rings. The second kappa shape index (κ2) is 6.91. The zero-order chi connectivity index (χ0) is 17.0. The average molecular weight is 314 g/mol. The van der Waals surface area contributed by atoms with Gasteiger partial charge in [0, 0.05) is 11.8 Å². The highest BCUT2D eigenvalue weighted by atomic mass is 16.6. The standard InChI is InChI=1S/C17H18N2O4/c1-11-8-12(2)17(13(3)9-11)18-16(20)10-23-15-7-5-4-6-14(15)19(21)22/h4-9H,10H2,1-3H3,(H,18,20). The van der Waals surface area contributed by atoms with Crippen LogP contribution in [0.15, 0.2) is 36.4 Å². The molecule has 1 amide bonds. The Morgan fingerprint density at radius 2 is 1.78 bits per heavy atom. The maximum atomic E-state index is 12.1. The van der Waals surface area contributed by atoms with Crippen molar-refractivity contribution >= 4 is 17.3 Å². The van der Waals surface area contributed by atoms with Gasteiger partial charge in [0.2, 0.25) is 0 Å². The van der Waals surface area contributed by atoms with Crippen molar-refractivity contribution in [1.82, 2.24) is 0 Å². The number of hydrogen-bond donors (Lipinski definition) is 1. The number of nitrogens with one attached hydrogen (secondary N) is 1. The highest BCUT2D eigenvalue weighted by molar-refractivity contribution is 5.93. The van der Waals surface area contributed by atoms with Crippen molar-refractivity contribution in [3.8, 4) is 5.75 Å². The third-order valence-corrected chi connectivity index (χ3v) is 3.36. The van der Waals surface area contributed by atoms with Crippen molar-refractivity contribution in [1.29, 1.82) is 0 Å². The van der Waals surface area contributed by atoms with E-state index in [1.165, 1.54) is 12.1 Å². The number of para-hydroxylation sites is 2. The molecule has 0 aliphatic heterocycles. The lowest BCUT2D eigenvalue weighted by atomic mass is 10.1. The first-order valence-corrected chi connectivity index (χ1v) is 7.12. The smallest absolute Gasteiger partial charge is 0.310 e. The zero-order valence-electron chi connectivity index (χ0n) is 13.3. The number of rotatable bonds is 5. The molecular formula is C17H18N2O4. The molecule has 0 aromatic heterocycles. The summed E-state index contributed by atoms with van der Waals surface area (Å²) in [5, 5.41) is 13.7. The van der Waals surface area contributed by atoms with E-state index in [4.69, 9.17) is 4.74 Å². The summed E-state index contributed by atoms with van der Waals surface area (Å²) in [5.74, 6) is -0.289. The first-order valence-electron chi connectivity index (χ1n) is 7.12. The third kappa shape index (κ3) is 4.06. The van der Waals surface area contributed by atoms with Crippen molar-refractivity contribution in [2.45, 2.75) is 20.8 Å². The largest absolute Gasteiger partial charge is 0.477 e. The van der Waals surface area contributed by atoms with Gasteiger partial charge in [-0.2, -0.15) is 0 Å². The van der Waals surface area contributed by atoms with Gasteiger partial charge in [-0.25, -0.2) is 0 Å². The van der Waals surface area contributed by atoms with Crippen LogP contribution >= 0.6 is 0 Å². The van der Waals surface area contributed by atoms with E-state index in [9.17, 15) is 14.9 Å². The Kier molecular flexibility index (Phi) is 4.95. The molecule has 0 bridgehead atoms. The predicted octanol–water partition coefficient (Wildman–Crippen LogP) is 3.54. The van der Waals surface area contributed by atoms with Gasteiger partial charge in [0.1, 0.15) is 0 Å². The topological polar surface area (TPSA) is 81.5 Å². The van der Waals surface area contributed by atoms with Crippen LogP contribution in [0.1, 0.15) is 16.7 Å². The summed E-state index contributed by atoms with van der Waals surface area (Å²) in [6.45, 7) is 5.53. The van der Waals surface area contributed by atoms with Gasteiger partial charge in [-0.3, -0.25) is 14.9 Å². The van der Waals surface area contributed by atoms with Crippen LogP contribution in [0.3, 0.4) is 0 Å². The minimum atomic E-state index is -0.540. The van der Waals surface area contributed by atoms with Gasteiger partial charge >= 0.3 is 5.69 Å². The third-order valence-electron chi connectivity index (χ3n) is 3.36. The Hall–Kier alpha value is -2.89. The number of ether oxygens (including phenoxy) is 1. The molecule has 0 unspecified atom stereocenters. The predicted molar refractivity (Wildman–Crippen MR) is 87.9 cm³/mol. The number of hydrogen-bond acceptors (Lipinski definition) is 4. The van der Waals surface area contributed by atoms with E-state index in [0.29, 0.717) is 0 Å². The lowest BCUT2D eigenvalue weighted by Crippen LogP contribution is -2.21. The summed E-state index contributed by atoms with van der Waals surface area (Å²) in [7, 11) is 0. The molecule has 0 saturated heterocycles. The molecule has 23 heavy (non-hydrogen) atoms. The Balaban J connectivity index is 2.06. The molecule has 6 heteroatoms. The first kappa shape index (κ1) is 16.5. The maximum absolute atomic E-state index is 12.1. The van der Waals surface area contributed by atoms with Crippen molar-refractivity contribution < 1.29 is 14.5 Å². The summed E-state index contributed by atoms with van der Waals surface area (Å²) < 4.78 is 5.28. The Morgan fingerprint density at radius 1 is 1.17 bits per heavy atom. The van der Waals surface area contributed by atoms with E-state index in [2.05, 4.69) is 5.32 Å². The number of carbonyl (C=O) groups excluding carboxylic acids is 1. The molecule has 6 nitrogen and oxygen atoms in total. The first-order chi connectivity index (χ1) is 10.9. The summed E-state index contributed by atoms with van der Waals surface area (Å²) in [6, 6.07) is 9.92. The second-order valence-corrected chi connectivity index (χ2v) is 5.34. The molecule has 120 valence electrons. The fraction of sp³-hybridized carbons (Fsp3) is 0.235. The number of aryl methyl sites for hydroxylation is 3. The van der Waals surface area contributed by atoms with E-state index in [0.717, 1.165) is 22.4 Å². The van der Waals surface area contributed by atoms with Gasteiger partial charge in [0.05, 0.1) is 4.92 Å². The Labute approximate surface area is 134 Å². The van der Waals surface area contributed by atoms with Crippen LogP contribution in [0, 0.1) is 30.9 Å². The molecule has 1 N–H and O–H groups in total. The molecule has 0 spiro atoms. The Bertz CT molecular complexity index is 733. The molecule has 2 aromatic carbocycles. The molecule has 2 rings (SSSR count). The van der Waals surface area contributed by atoms with Crippen LogP contribution in [-0.2, 0) is 4.79 Å². The molecular weight excluding hydrogens is 296 g/mol. The van der Waals surface area contributed by atoms with E-state index in [1.54, 1.807) is 12.1 Å². The summed E-state index contributed by atoms with van der Waals surface area (Å²) in [5.41, 5.74) is 3.62. The molecule has 0 radical (unpaired) electrons. The maximum Gasteiger partial charge on any atom is 0.310 e. The highest BCUT2D eigenvalue weighted by Crippen LogP contribution is 2.26. The molecule has 0 aliphatic rings. The minimum absolute atomic E-state index is 0.0741. The monoisotopic (exact) mass is 314 g/mol. The highest BCUT2D eigenvalue weighted by Gasteiger charge is 2.15. The van der Waals surface area contributed by atoms with Crippen LogP contribution in [0.5, 0.6) is 5.75 Å². The van der Waals surface area contributed by atoms with Crippen LogP contribution in [0.2, 0.25) is 0 Å². The fourth-order valence-corrected chi connectivity index (χ4v) is 2.43. The van der Waals surface area contributed by atoms with Crippen molar-refractivity contribution in [2.24, 2.45) is 0 Å². The van der Waals surface area contributed by atoms with Crippen molar-refractivity contribution in [3.63, 3.8) is 0 Å². The van der Waals surface area contributed by atoms with E-state index < -0.39 is 4.92 Å². The van der Waals surface area contributed by atoms with Gasteiger partial charge in [-0.05, 0) is 38.0 Å². The number of anilines is 1. The van der Waals surface area contributed by atoms with Crippen LogP contribution in [-0.4, -0.2) is 17.4 Å². The van der Waals surface area contributed by atoms with E-state index in [1.807, 2.05) is 32.9 Å². The zero-order valence-corrected chi connectivity index (χ0v) is 13.3. The van der Waals surface area contributed by atoms with Crippen molar-refractivity contribution in [2.75, 3.05) is 11.9 Å². The van der Waals surface area contributed by atoms with Gasteiger partial charge in [0.15, 0.2) is 12.4 Å². The summed E-state index contributed by atoms with van der Waals surface area (Å²) in [4.78, 5) is 22.4.